The second kappa shape index (κ2) is 21.8. The van der Waals surface area contributed by atoms with Gasteiger partial charge in [-0.05, 0) is 133 Å². The molecule has 0 atom stereocenters. The topological polar surface area (TPSA) is 48.8 Å². The van der Waals surface area contributed by atoms with Gasteiger partial charge >= 0.3 is 0 Å². The third-order valence-corrected chi connectivity index (χ3v) is 14.2. The van der Waals surface area contributed by atoms with Crippen LogP contribution in [0.4, 0.5) is 0 Å². The van der Waals surface area contributed by atoms with E-state index in [1.807, 2.05) is 53.2 Å². The number of pyridine rings is 2. The van der Waals surface area contributed by atoms with Gasteiger partial charge in [0, 0.05) is 38.5 Å². The minimum atomic E-state index is -0.542. The summed E-state index contributed by atoms with van der Waals surface area (Å²) in [4.78, 5) is 9.71. The molecule has 0 unspecified atom stereocenters. The molecule has 0 spiro atoms. The fourth-order valence-corrected chi connectivity index (χ4v) is 10.4. The van der Waals surface area contributed by atoms with Crippen molar-refractivity contribution in [3.8, 4) is 78.8 Å². The third kappa shape index (κ3) is 10.2. The summed E-state index contributed by atoms with van der Waals surface area (Å²) in [5.41, 5.74) is 11.9. The van der Waals surface area contributed by atoms with E-state index in [1.54, 1.807) is 35.0 Å². The Morgan fingerprint density at radius 2 is 1.15 bits per heavy atom. The van der Waals surface area contributed by atoms with Gasteiger partial charge in [-0.25, -0.2) is 4.98 Å². The zero-order chi connectivity index (χ0) is 61.3. The standard InChI is InChI=1S/C72H55N5O.Pt/c1-72(2,3)58-37-39-74-71(46-58)77-66-36-33-54(57-43-55(50-20-8-4-9-21-50)42-56(44-57)51-22-10-5-11-23-51)45-65(66)64-35-34-59(47-69(64)77)78-60-38-40-73-70(48-60)76-49-75(67-31-16-17-32-68(67)76)41-19-30-63-61(52-24-12-6-13-25-52)28-18-29-62(63)53-26-14-7-15-27-53;/h4-18,20-29,31-40,42-46H,19,30,41H2,1-3H3;/q-2;/i6D,7D,12D,13D,14D,15D,24D,25D,26D,27D;. The van der Waals surface area contributed by atoms with Gasteiger partial charge in [0.25, 0.3) is 0 Å². The average Bonchev–Trinajstić information content (AvgIpc) is 1.82. The number of hydrogen-bond acceptors (Lipinski definition) is 3. The monoisotopic (exact) mass is 1210 g/mol. The predicted molar refractivity (Wildman–Crippen MR) is 317 cm³/mol. The van der Waals surface area contributed by atoms with Gasteiger partial charge in [-0.1, -0.05) is 208 Å². The van der Waals surface area contributed by atoms with E-state index in [4.69, 9.17) is 28.4 Å². The molecule has 0 saturated carbocycles. The zero-order valence-corrected chi connectivity index (χ0v) is 45.7. The minimum Gasteiger partial charge on any atom is -0.522 e. The van der Waals surface area contributed by atoms with E-state index in [0.717, 1.165) is 77.6 Å². The van der Waals surface area contributed by atoms with E-state index in [9.17, 15) is 0 Å². The number of nitrogens with zero attached hydrogens (tertiary/aromatic N) is 5. The zero-order valence-electron chi connectivity index (χ0n) is 53.4. The molecule has 0 aliphatic heterocycles. The molecule has 6 nitrogen and oxygen atoms in total. The summed E-state index contributed by atoms with van der Waals surface area (Å²) in [5.74, 6) is 1.98. The first-order chi connectivity index (χ1) is 42.4. The third-order valence-electron chi connectivity index (χ3n) is 14.2. The number of aromatic nitrogens is 5. The van der Waals surface area contributed by atoms with Crippen molar-refractivity contribution in [2.24, 2.45) is 0 Å². The first-order valence-electron chi connectivity index (χ1n) is 30.9. The number of benzene rings is 9. The fourth-order valence-electron chi connectivity index (χ4n) is 10.4. The molecule has 386 valence electrons. The van der Waals surface area contributed by atoms with Crippen molar-refractivity contribution < 1.29 is 44.1 Å². The summed E-state index contributed by atoms with van der Waals surface area (Å²) >= 11 is 0. The Hall–Kier alpha value is -8.96. The van der Waals surface area contributed by atoms with Crippen molar-refractivity contribution in [3.63, 3.8) is 0 Å². The van der Waals surface area contributed by atoms with E-state index in [1.165, 1.54) is 0 Å². The molecule has 79 heavy (non-hydrogen) atoms. The number of fused-ring (bicyclic) bond motifs is 4. The average molecular weight is 1210 g/mol. The van der Waals surface area contributed by atoms with Crippen LogP contribution in [0.15, 0.2) is 243 Å². The van der Waals surface area contributed by atoms with E-state index < -0.39 is 60.4 Å². The molecule has 0 bridgehead atoms. The van der Waals surface area contributed by atoms with Gasteiger partial charge in [0.1, 0.15) is 5.82 Å². The van der Waals surface area contributed by atoms with Crippen molar-refractivity contribution >= 4 is 32.8 Å². The summed E-state index contributed by atoms with van der Waals surface area (Å²) in [5, 5.41) is 1.99. The molecule has 0 aliphatic rings. The van der Waals surface area contributed by atoms with Crippen LogP contribution in [0.25, 0.3) is 100 Å². The molecule has 0 saturated heterocycles. The number of aryl methyl sites for hydroxylation is 1. The molecule has 4 heterocycles. The molecule has 0 N–H and O–H groups in total. The Kier molecular flexibility index (Phi) is 11.1. The molecular weight excluding hydrogens is 1150 g/mol. The van der Waals surface area contributed by atoms with Crippen LogP contribution in [0, 0.1) is 18.5 Å². The van der Waals surface area contributed by atoms with Crippen LogP contribution in [0.1, 0.15) is 52.0 Å². The van der Waals surface area contributed by atoms with E-state index in [2.05, 4.69) is 147 Å². The van der Waals surface area contributed by atoms with Crippen LogP contribution >= 0.6 is 0 Å². The van der Waals surface area contributed by atoms with Gasteiger partial charge < -0.3 is 23.4 Å². The maximum atomic E-state index is 8.92. The Balaban J connectivity index is 0.00000769. The Labute approximate surface area is 490 Å². The number of rotatable bonds is 13. The maximum Gasteiger partial charge on any atom is 0.244 e. The van der Waals surface area contributed by atoms with Crippen LogP contribution in [-0.2, 0) is 39.4 Å². The Morgan fingerprint density at radius 3 is 1.82 bits per heavy atom. The van der Waals surface area contributed by atoms with E-state index in [0.29, 0.717) is 47.0 Å². The number of imidazole rings is 1. The molecule has 0 fully saturated rings. The normalized spacial score (nSPS) is 13.3. The van der Waals surface area contributed by atoms with Crippen molar-refractivity contribution in [1.82, 2.24) is 19.1 Å². The first-order valence-corrected chi connectivity index (χ1v) is 25.9. The van der Waals surface area contributed by atoms with Crippen LogP contribution in [0.3, 0.4) is 0 Å². The molecule has 9 aromatic carbocycles. The van der Waals surface area contributed by atoms with Crippen molar-refractivity contribution in [2.75, 3.05) is 0 Å². The van der Waals surface area contributed by atoms with Gasteiger partial charge in [0.15, 0.2) is 0 Å². The molecule has 7 heteroatoms. The van der Waals surface area contributed by atoms with Gasteiger partial charge in [-0.15, -0.1) is 17.5 Å². The number of hydrogen-bond donors (Lipinski definition) is 0. The van der Waals surface area contributed by atoms with E-state index >= 15 is 0 Å². The van der Waals surface area contributed by atoms with Crippen LogP contribution in [-0.4, -0.2) is 19.1 Å². The maximum absolute atomic E-state index is 8.92. The van der Waals surface area contributed by atoms with Gasteiger partial charge in [0.05, 0.1) is 37.1 Å². The first kappa shape index (κ1) is 40.3. The minimum absolute atomic E-state index is 0. The summed E-state index contributed by atoms with van der Waals surface area (Å²) in [6, 6.07) is 59.1. The molecule has 0 radical (unpaired) electrons. The van der Waals surface area contributed by atoms with Crippen LogP contribution < -0.4 is 9.30 Å². The molecule has 13 rings (SSSR count). The van der Waals surface area contributed by atoms with E-state index in [-0.39, 0.29) is 44.0 Å². The summed E-state index contributed by atoms with van der Waals surface area (Å²) in [7, 11) is 0. The summed E-state index contributed by atoms with van der Waals surface area (Å²) in [6.45, 7) is 6.93. The largest absolute Gasteiger partial charge is 0.522 e. The number of ether oxygens (including phenoxy) is 1. The van der Waals surface area contributed by atoms with Gasteiger partial charge in [0.2, 0.25) is 6.33 Å². The quantitative estimate of drug-likeness (QED) is 0.0854. The molecule has 13 aromatic rings. The second-order valence-corrected chi connectivity index (χ2v) is 20.2. The molecule has 0 amide bonds. The van der Waals surface area contributed by atoms with Gasteiger partial charge in [-0.3, -0.25) is 0 Å². The fraction of sp³-hybridized carbons (Fsp3) is 0.0972. The predicted octanol–water partition coefficient (Wildman–Crippen LogP) is 17.3. The van der Waals surface area contributed by atoms with Crippen molar-refractivity contribution in [2.45, 2.75) is 45.6 Å². The Morgan fingerprint density at radius 1 is 0.532 bits per heavy atom. The van der Waals surface area contributed by atoms with Crippen LogP contribution in [0.5, 0.6) is 11.5 Å². The van der Waals surface area contributed by atoms with Gasteiger partial charge in [-0.2, -0.15) is 18.2 Å². The summed E-state index contributed by atoms with van der Waals surface area (Å²) < 4.78 is 98.9. The molecular formula is C72H55N5OPt-2. The number of para-hydroxylation sites is 2. The smallest absolute Gasteiger partial charge is 0.244 e. The summed E-state index contributed by atoms with van der Waals surface area (Å²) in [6.07, 6.45) is 7.59. The SMILES string of the molecule is [2H]c1c([2H])c([2H])c(-c2cccc(-c3c([2H])c([2H])c([2H])c([2H])c3[2H])c2CCC[n+]2[c-]n(-c3[c-]c(Oc4[c-]c5c(cc4)c4cc(-c6cc(-c7ccccc7)cc(-c7ccccc7)c6)ccc4n5-c4cc(C(C)(C)C)ccn4)ccn3)c3ccccc32)c([2H])c1[2H].[Pt]. The Bertz CT molecular complexity index is 4730. The molecule has 0 aliphatic carbocycles. The second-order valence-electron chi connectivity index (χ2n) is 20.2. The molecule has 4 aromatic heterocycles. The van der Waals surface area contributed by atoms with Crippen molar-refractivity contribution in [3.05, 3.63) is 272 Å². The van der Waals surface area contributed by atoms with Crippen molar-refractivity contribution in [1.29, 1.82) is 0 Å². The van der Waals surface area contributed by atoms with Crippen LogP contribution in [0.2, 0.25) is 0 Å².